The number of carbonyl (C=O) groups excluding carboxylic acids is 2. The van der Waals surface area contributed by atoms with Gasteiger partial charge in [-0.2, -0.15) is 0 Å². The Balaban J connectivity index is 0.000000381. The molecule has 128 valence electrons. The summed E-state index contributed by atoms with van der Waals surface area (Å²) in [6, 6.07) is 14.9. The number of allylic oxidation sites excluding steroid dienone is 1. The number of benzene rings is 2. The first kappa shape index (κ1) is 21.1. The van der Waals surface area contributed by atoms with Crippen LogP contribution in [-0.2, 0) is 4.79 Å². The minimum Gasteiger partial charge on any atom is -0.497 e. The van der Waals surface area contributed by atoms with E-state index in [1.54, 1.807) is 38.5 Å². The summed E-state index contributed by atoms with van der Waals surface area (Å²) >= 11 is 0. The molecule has 4 nitrogen and oxygen atoms in total. The standard InChI is InChI=1S/C10H12O.C8H8O2.C2H4O/c1-3-4-9-5-7-10(11-2)8-6-9;1-10-8-4-2-7(6-9)3-5-8;1-2-3/h3-8H,1-2H3;2-6H,1H3;2H,1H3/b4-3+;;. The van der Waals surface area contributed by atoms with Crippen LogP contribution in [0.25, 0.3) is 6.08 Å². The van der Waals surface area contributed by atoms with Gasteiger partial charge in [0.1, 0.15) is 24.1 Å². The smallest absolute Gasteiger partial charge is 0.150 e. The minimum absolute atomic E-state index is 0.667. The van der Waals surface area contributed by atoms with Crippen LogP contribution in [0, 0.1) is 0 Å². The lowest BCUT2D eigenvalue weighted by Gasteiger charge is -1.98. The second kappa shape index (κ2) is 13.8. The van der Waals surface area contributed by atoms with Gasteiger partial charge in [0.15, 0.2) is 0 Å². The second-order valence-electron chi connectivity index (χ2n) is 4.40. The molecule has 0 bridgehead atoms. The van der Waals surface area contributed by atoms with Crippen molar-refractivity contribution in [2.75, 3.05) is 14.2 Å². The van der Waals surface area contributed by atoms with Crippen LogP contribution in [-0.4, -0.2) is 26.8 Å². The van der Waals surface area contributed by atoms with Gasteiger partial charge in [0.25, 0.3) is 0 Å². The summed E-state index contributed by atoms with van der Waals surface area (Å²) in [5.74, 6) is 1.67. The fourth-order valence-electron chi connectivity index (χ4n) is 1.59. The van der Waals surface area contributed by atoms with Gasteiger partial charge >= 0.3 is 0 Å². The molecule has 0 spiro atoms. The molecule has 0 atom stereocenters. The molecule has 0 unspecified atom stereocenters. The van der Waals surface area contributed by atoms with Crippen LogP contribution in [0.4, 0.5) is 0 Å². The summed E-state index contributed by atoms with van der Waals surface area (Å²) in [4.78, 5) is 19.0. The molecular formula is C20H24O4. The SMILES string of the molecule is C/C=C/c1ccc(OC)cc1.CC=O.COc1ccc(C=O)cc1. The number of methoxy groups -OCH3 is 2. The molecule has 0 aromatic heterocycles. The van der Waals surface area contributed by atoms with Gasteiger partial charge in [-0.25, -0.2) is 0 Å². The zero-order chi connectivity index (χ0) is 18.2. The zero-order valence-corrected chi connectivity index (χ0v) is 14.6. The molecule has 0 amide bonds. The lowest BCUT2D eigenvalue weighted by molar-refractivity contribution is -0.106. The van der Waals surface area contributed by atoms with Gasteiger partial charge in [-0.15, -0.1) is 0 Å². The number of rotatable bonds is 4. The number of carbonyl (C=O) groups is 2. The third-order valence-corrected chi connectivity index (χ3v) is 2.73. The molecule has 2 aromatic rings. The maximum atomic E-state index is 10.2. The largest absolute Gasteiger partial charge is 0.497 e. The molecule has 2 aromatic carbocycles. The average Bonchev–Trinajstić information content (AvgIpc) is 2.64. The Morgan fingerprint density at radius 3 is 1.38 bits per heavy atom. The van der Waals surface area contributed by atoms with E-state index in [4.69, 9.17) is 14.3 Å². The maximum Gasteiger partial charge on any atom is 0.150 e. The molecule has 0 saturated heterocycles. The minimum atomic E-state index is 0.667. The highest BCUT2D eigenvalue weighted by atomic mass is 16.5. The van der Waals surface area contributed by atoms with E-state index in [9.17, 15) is 4.79 Å². The Hall–Kier alpha value is -2.88. The molecule has 4 heteroatoms. The van der Waals surface area contributed by atoms with Crippen molar-refractivity contribution in [1.29, 1.82) is 0 Å². The molecule has 0 N–H and O–H groups in total. The van der Waals surface area contributed by atoms with Crippen LogP contribution in [0.3, 0.4) is 0 Å². The van der Waals surface area contributed by atoms with Gasteiger partial charge in [-0.05, 0) is 55.8 Å². The molecular weight excluding hydrogens is 304 g/mol. The number of aldehydes is 2. The average molecular weight is 328 g/mol. The number of ether oxygens (including phenoxy) is 2. The zero-order valence-electron chi connectivity index (χ0n) is 14.6. The molecule has 0 saturated carbocycles. The van der Waals surface area contributed by atoms with Crippen molar-refractivity contribution in [2.45, 2.75) is 13.8 Å². The summed E-state index contributed by atoms with van der Waals surface area (Å²) in [5.41, 5.74) is 1.87. The Morgan fingerprint density at radius 2 is 1.08 bits per heavy atom. The Morgan fingerprint density at radius 1 is 0.708 bits per heavy atom. The lowest BCUT2D eigenvalue weighted by Crippen LogP contribution is -1.82. The highest BCUT2D eigenvalue weighted by Crippen LogP contribution is 2.12. The Labute approximate surface area is 143 Å². The molecule has 2 rings (SSSR count). The number of hydrogen-bond acceptors (Lipinski definition) is 4. The van der Waals surface area contributed by atoms with E-state index >= 15 is 0 Å². The normalized spacial score (nSPS) is 9.00. The summed E-state index contributed by atoms with van der Waals surface area (Å²) in [6.07, 6.45) is 5.63. The van der Waals surface area contributed by atoms with Crippen molar-refractivity contribution in [3.8, 4) is 11.5 Å². The Bertz CT molecular complexity index is 599. The summed E-state index contributed by atoms with van der Waals surface area (Å²) < 4.78 is 9.92. The van der Waals surface area contributed by atoms with Crippen molar-refractivity contribution in [3.63, 3.8) is 0 Å². The van der Waals surface area contributed by atoms with Crippen LogP contribution in [0.5, 0.6) is 11.5 Å². The van der Waals surface area contributed by atoms with E-state index in [0.717, 1.165) is 24.1 Å². The quantitative estimate of drug-likeness (QED) is 0.779. The predicted octanol–water partition coefficient (Wildman–Crippen LogP) is 4.44. The number of hydrogen-bond donors (Lipinski definition) is 0. The highest BCUT2D eigenvalue weighted by molar-refractivity contribution is 5.74. The molecule has 0 fully saturated rings. The van der Waals surface area contributed by atoms with Crippen LogP contribution >= 0.6 is 0 Å². The van der Waals surface area contributed by atoms with Gasteiger partial charge in [-0.3, -0.25) is 4.79 Å². The summed E-state index contributed by atoms with van der Waals surface area (Å²) in [7, 11) is 3.26. The van der Waals surface area contributed by atoms with E-state index in [2.05, 4.69) is 6.08 Å². The third-order valence-electron chi connectivity index (χ3n) is 2.73. The Kier molecular flexibility index (Phi) is 12.1. The van der Waals surface area contributed by atoms with Crippen molar-refractivity contribution < 1.29 is 19.1 Å². The van der Waals surface area contributed by atoms with Crippen LogP contribution in [0.2, 0.25) is 0 Å². The fraction of sp³-hybridized carbons (Fsp3) is 0.200. The molecule has 24 heavy (non-hydrogen) atoms. The lowest BCUT2D eigenvalue weighted by atomic mass is 10.2. The van der Waals surface area contributed by atoms with Crippen LogP contribution in [0.15, 0.2) is 54.6 Å². The first-order valence-corrected chi connectivity index (χ1v) is 7.40. The van der Waals surface area contributed by atoms with E-state index < -0.39 is 0 Å². The maximum absolute atomic E-state index is 10.2. The van der Waals surface area contributed by atoms with Gasteiger partial charge in [-0.1, -0.05) is 24.3 Å². The highest BCUT2D eigenvalue weighted by Gasteiger charge is 1.89. The summed E-state index contributed by atoms with van der Waals surface area (Å²) in [5, 5.41) is 0. The van der Waals surface area contributed by atoms with Gasteiger partial charge in [0, 0.05) is 5.56 Å². The molecule has 0 radical (unpaired) electrons. The van der Waals surface area contributed by atoms with Crippen molar-refractivity contribution in [2.24, 2.45) is 0 Å². The van der Waals surface area contributed by atoms with Crippen molar-refractivity contribution in [3.05, 3.63) is 65.7 Å². The van der Waals surface area contributed by atoms with E-state index in [1.165, 1.54) is 12.5 Å². The fourth-order valence-corrected chi connectivity index (χ4v) is 1.59. The molecule has 0 aliphatic heterocycles. The monoisotopic (exact) mass is 328 g/mol. The molecule has 0 heterocycles. The van der Waals surface area contributed by atoms with Crippen molar-refractivity contribution >= 4 is 18.6 Å². The van der Waals surface area contributed by atoms with Gasteiger partial charge < -0.3 is 14.3 Å². The summed E-state index contributed by atoms with van der Waals surface area (Å²) in [6.45, 7) is 3.45. The molecule has 0 aliphatic carbocycles. The van der Waals surface area contributed by atoms with Crippen LogP contribution in [0.1, 0.15) is 29.8 Å². The second-order valence-corrected chi connectivity index (χ2v) is 4.40. The third kappa shape index (κ3) is 9.20. The van der Waals surface area contributed by atoms with E-state index in [1.807, 2.05) is 37.3 Å². The van der Waals surface area contributed by atoms with Crippen molar-refractivity contribution in [1.82, 2.24) is 0 Å². The topological polar surface area (TPSA) is 52.6 Å². The first-order valence-electron chi connectivity index (χ1n) is 7.40. The molecule has 0 aliphatic rings. The van der Waals surface area contributed by atoms with E-state index in [0.29, 0.717) is 5.56 Å². The first-order chi connectivity index (χ1) is 11.6. The van der Waals surface area contributed by atoms with Gasteiger partial charge in [0.2, 0.25) is 0 Å². The van der Waals surface area contributed by atoms with Gasteiger partial charge in [0.05, 0.1) is 14.2 Å². The van der Waals surface area contributed by atoms with Crippen LogP contribution < -0.4 is 9.47 Å². The predicted molar refractivity (Wildman–Crippen MR) is 97.8 cm³/mol. The van der Waals surface area contributed by atoms with E-state index in [-0.39, 0.29) is 0 Å².